The third-order valence-corrected chi connectivity index (χ3v) is 5.80. The minimum Gasteiger partial charge on any atom is -0.277 e. The Kier molecular flexibility index (Phi) is 4.94. The SMILES string of the molecule is Cc1cnc(Cl)c(F)c1-n1c(C)cc([C@H]2C[C@@H]2c2cnn(C(F)F)c2)c(Cl)c1=O. The quantitative estimate of drug-likeness (QED) is 0.524. The second-order valence-electron chi connectivity index (χ2n) is 7.07. The Hall–Kier alpha value is -2.32. The highest BCUT2D eigenvalue weighted by Gasteiger charge is 2.42. The van der Waals surface area contributed by atoms with Gasteiger partial charge in [0.15, 0.2) is 11.0 Å². The minimum atomic E-state index is -2.71. The van der Waals surface area contributed by atoms with Gasteiger partial charge in [0.25, 0.3) is 5.56 Å². The molecule has 2 atom stereocenters. The van der Waals surface area contributed by atoms with Crippen LogP contribution in [0.4, 0.5) is 13.2 Å². The Morgan fingerprint density at radius 2 is 1.93 bits per heavy atom. The van der Waals surface area contributed by atoms with Gasteiger partial charge in [-0.15, -0.1) is 0 Å². The Labute approximate surface area is 173 Å². The van der Waals surface area contributed by atoms with E-state index < -0.39 is 17.9 Å². The van der Waals surface area contributed by atoms with Crippen LogP contribution >= 0.6 is 23.2 Å². The molecule has 0 aliphatic heterocycles. The van der Waals surface area contributed by atoms with Crippen molar-refractivity contribution in [2.75, 3.05) is 0 Å². The smallest absolute Gasteiger partial charge is 0.277 e. The van der Waals surface area contributed by atoms with Gasteiger partial charge in [-0.1, -0.05) is 23.2 Å². The fraction of sp³-hybridized carbons (Fsp3) is 0.316. The zero-order valence-electron chi connectivity index (χ0n) is 15.3. The van der Waals surface area contributed by atoms with Crippen LogP contribution in [0.15, 0.2) is 29.5 Å². The van der Waals surface area contributed by atoms with Crippen molar-refractivity contribution in [3.8, 4) is 5.69 Å². The van der Waals surface area contributed by atoms with Crippen LogP contribution in [0.2, 0.25) is 10.2 Å². The Bertz CT molecular complexity index is 1170. The van der Waals surface area contributed by atoms with Crippen molar-refractivity contribution in [1.29, 1.82) is 0 Å². The summed E-state index contributed by atoms with van der Waals surface area (Å²) in [6, 6.07) is 1.72. The standard InChI is InChI=1S/C19H15Cl2F3N4O/c1-8-5-25-17(21)15(22)16(8)28-9(2)3-13(14(20)18(28)29)12-4-11(12)10-6-26-27(7-10)19(23)24/h3,5-7,11-12,19H,4H2,1-2H3/t11-,12+/m1/s1. The number of aryl methyl sites for hydroxylation is 2. The fourth-order valence-corrected chi connectivity index (χ4v) is 4.07. The molecule has 0 N–H and O–H groups in total. The average molecular weight is 443 g/mol. The van der Waals surface area contributed by atoms with Crippen LogP contribution in [0.25, 0.3) is 5.69 Å². The number of hydrogen-bond donors (Lipinski definition) is 0. The zero-order chi connectivity index (χ0) is 21.0. The highest BCUT2D eigenvalue weighted by molar-refractivity contribution is 6.31. The summed E-state index contributed by atoms with van der Waals surface area (Å²) in [7, 11) is 0. The number of aromatic nitrogens is 4. The maximum atomic E-state index is 14.6. The van der Waals surface area contributed by atoms with E-state index >= 15 is 0 Å². The third kappa shape index (κ3) is 3.34. The van der Waals surface area contributed by atoms with Crippen molar-refractivity contribution in [3.63, 3.8) is 0 Å². The number of nitrogens with zero attached hydrogens (tertiary/aromatic N) is 4. The summed E-state index contributed by atoms with van der Waals surface area (Å²) in [6.07, 6.45) is 4.74. The maximum Gasteiger partial charge on any atom is 0.333 e. The molecule has 1 saturated carbocycles. The first-order valence-corrected chi connectivity index (χ1v) is 9.51. The Morgan fingerprint density at radius 3 is 2.59 bits per heavy atom. The number of alkyl halides is 2. The summed E-state index contributed by atoms with van der Waals surface area (Å²) in [4.78, 5) is 16.7. The van der Waals surface area contributed by atoms with Crippen LogP contribution in [-0.2, 0) is 0 Å². The van der Waals surface area contributed by atoms with Gasteiger partial charge in [-0.2, -0.15) is 13.9 Å². The molecule has 3 aromatic rings. The van der Waals surface area contributed by atoms with E-state index in [-0.39, 0.29) is 27.7 Å². The molecule has 152 valence electrons. The molecule has 1 aliphatic carbocycles. The van der Waals surface area contributed by atoms with Crippen molar-refractivity contribution in [2.45, 2.75) is 38.7 Å². The van der Waals surface area contributed by atoms with E-state index in [0.29, 0.717) is 33.5 Å². The number of pyridine rings is 2. The summed E-state index contributed by atoms with van der Waals surface area (Å²) in [5.41, 5.74) is 1.62. The monoisotopic (exact) mass is 442 g/mol. The third-order valence-electron chi connectivity index (χ3n) is 5.16. The molecule has 3 aromatic heterocycles. The van der Waals surface area contributed by atoms with Crippen LogP contribution in [0.5, 0.6) is 0 Å². The summed E-state index contributed by atoms with van der Waals surface area (Å²) < 4.78 is 41.9. The molecule has 1 aliphatic rings. The molecule has 5 nitrogen and oxygen atoms in total. The second kappa shape index (κ2) is 7.18. The lowest BCUT2D eigenvalue weighted by atomic mass is 10.1. The predicted octanol–water partition coefficient (Wildman–Crippen LogP) is 5.16. The molecule has 0 saturated heterocycles. The summed E-state index contributed by atoms with van der Waals surface area (Å²) in [5.74, 6) is -0.946. The van der Waals surface area contributed by atoms with Crippen LogP contribution in [-0.4, -0.2) is 19.3 Å². The van der Waals surface area contributed by atoms with E-state index in [0.717, 1.165) is 0 Å². The van der Waals surface area contributed by atoms with Crippen molar-refractivity contribution in [3.05, 3.63) is 73.4 Å². The van der Waals surface area contributed by atoms with Gasteiger partial charge >= 0.3 is 6.55 Å². The highest BCUT2D eigenvalue weighted by atomic mass is 35.5. The molecule has 3 heterocycles. The van der Waals surface area contributed by atoms with Crippen molar-refractivity contribution < 1.29 is 13.2 Å². The van der Waals surface area contributed by atoms with Gasteiger partial charge in [0, 0.05) is 18.1 Å². The molecule has 0 radical (unpaired) electrons. The van der Waals surface area contributed by atoms with E-state index in [1.165, 1.54) is 23.2 Å². The second-order valence-corrected chi connectivity index (χ2v) is 7.81. The zero-order valence-corrected chi connectivity index (χ0v) is 16.8. The van der Waals surface area contributed by atoms with Crippen LogP contribution in [0, 0.1) is 19.7 Å². The van der Waals surface area contributed by atoms with Gasteiger partial charge in [0.05, 0.1) is 11.9 Å². The molecule has 29 heavy (non-hydrogen) atoms. The van der Waals surface area contributed by atoms with Gasteiger partial charge in [-0.25, -0.2) is 14.1 Å². The Balaban J connectivity index is 1.74. The normalized spacial score (nSPS) is 18.5. The molecule has 0 amide bonds. The average Bonchev–Trinajstić information content (AvgIpc) is 3.30. The molecule has 4 rings (SSSR count). The van der Waals surface area contributed by atoms with Crippen molar-refractivity contribution in [2.24, 2.45) is 0 Å². The minimum absolute atomic E-state index is 0.00602. The molecule has 1 fully saturated rings. The molecule has 0 bridgehead atoms. The van der Waals surface area contributed by atoms with Crippen molar-refractivity contribution in [1.82, 2.24) is 19.3 Å². The van der Waals surface area contributed by atoms with E-state index in [9.17, 15) is 18.0 Å². The van der Waals surface area contributed by atoms with Gasteiger partial charge in [0.2, 0.25) is 0 Å². The van der Waals surface area contributed by atoms with Crippen LogP contribution < -0.4 is 5.56 Å². The largest absolute Gasteiger partial charge is 0.333 e. The van der Waals surface area contributed by atoms with Gasteiger partial charge < -0.3 is 0 Å². The van der Waals surface area contributed by atoms with E-state index in [1.54, 1.807) is 19.9 Å². The molecular formula is C19H15Cl2F3N4O. The molecule has 10 heteroatoms. The van der Waals surface area contributed by atoms with E-state index in [2.05, 4.69) is 10.1 Å². The summed E-state index contributed by atoms with van der Waals surface area (Å²) >= 11 is 12.2. The molecule has 0 spiro atoms. The molecular weight excluding hydrogens is 428 g/mol. The van der Waals surface area contributed by atoms with Gasteiger partial charge in [-0.05, 0) is 54.9 Å². The molecule has 0 aromatic carbocycles. The van der Waals surface area contributed by atoms with Crippen LogP contribution in [0.1, 0.15) is 47.2 Å². The van der Waals surface area contributed by atoms with E-state index in [1.807, 2.05) is 0 Å². The lowest BCUT2D eigenvalue weighted by molar-refractivity contribution is 0.0565. The van der Waals surface area contributed by atoms with Gasteiger partial charge in [-0.3, -0.25) is 9.36 Å². The first-order valence-electron chi connectivity index (χ1n) is 8.76. The summed E-state index contributed by atoms with van der Waals surface area (Å²) in [6.45, 7) is 0.578. The number of halogens is 5. The topological polar surface area (TPSA) is 52.7 Å². The highest BCUT2D eigenvalue weighted by Crippen LogP contribution is 2.55. The van der Waals surface area contributed by atoms with Crippen LogP contribution in [0.3, 0.4) is 0 Å². The Morgan fingerprint density at radius 1 is 1.21 bits per heavy atom. The van der Waals surface area contributed by atoms with Gasteiger partial charge in [0.1, 0.15) is 5.02 Å². The number of rotatable bonds is 4. The van der Waals surface area contributed by atoms with E-state index in [4.69, 9.17) is 23.2 Å². The lowest BCUT2D eigenvalue weighted by Gasteiger charge is -2.16. The van der Waals surface area contributed by atoms with Crippen molar-refractivity contribution >= 4 is 23.2 Å². The first-order chi connectivity index (χ1) is 13.7. The number of hydrogen-bond acceptors (Lipinski definition) is 3. The summed E-state index contributed by atoms with van der Waals surface area (Å²) in [5, 5.41) is 3.28. The molecule has 0 unspecified atom stereocenters. The maximum absolute atomic E-state index is 14.6. The lowest BCUT2D eigenvalue weighted by Crippen LogP contribution is -2.24. The fourth-order valence-electron chi connectivity index (χ4n) is 3.66. The first kappa shape index (κ1) is 20.0. The predicted molar refractivity (Wildman–Crippen MR) is 103 cm³/mol.